The lowest BCUT2D eigenvalue weighted by Crippen LogP contribution is -2.68. The Labute approximate surface area is 353 Å². The summed E-state index contributed by atoms with van der Waals surface area (Å²) in [6.07, 6.45) is 8.00. The Balaban J connectivity index is 0.899. The van der Waals surface area contributed by atoms with Gasteiger partial charge in [0, 0.05) is 22.2 Å². The molecule has 336 valence electrons. The lowest BCUT2D eigenvalue weighted by atomic mass is 9.60. The molecule has 4 heterocycles. The van der Waals surface area contributed by atoms with Crippen molar-refractivity contribution in [2.75, 3.05) is 40.4 Å². The number of ether oxygens (including phenoxy) is 2. The third-order valence-electron chi connectivity index (χ3n) is 16.3. The van der Waals surface area contributed by atoms with E-state index in [1.54, 1.807) is 0 Å². The lowest BCUT2D eigenvalue weighted by molar-refractivity contribution is -0.141. The number of likely N-dealkylation sites (tertiary alicyclic amines) is 2. The van der Waals surface area contributed by atoms with Crippen molar-refractivity contribution < 1.29 is 38.9 Å². The van der Waals surface area contributed by atoms with Crippen LogP contribution >= 0.6 is 0 Å². The van der Waals surface area contributed by atoms with Crippen molar-refractivity contribution >= 4 is 23.9 Å². The molecule has 6 fully saturated rings. The first-order valence-corrected chi connectivity index (χ1v) is 22.5. The molecule has 59 heavy (non-hydrogen) atoms. The maximum absolute atomic E-state index is 13.7. The molecule has 0 aromatic heterocycles. The largest absolute Gasteiger partial charge is 0.389 e. The highest BCUT2D eigenvalue weighted by atomic mass is 16.5. The third-order valence-corrected chi connectivity index (χ3v) is 16.3. The van der Waals surface area contributed by atoms with Gasteiger partial charge in [-0.15, -0.1) is 0 Å². The Morgan fingerprint density at radius 2 is 0.864 bits per heavy atom. The van der Waals surface area contributed by atoms with E-state index in [0.717, 1.165) is 51.4 Å². The quantitative estimate of drug-likeness (QED) is 0.196. The highest BCUT2D eigenvalue weighted by Crippen LogP contribution is 2.50. The molecule has 4 saturated heterocycles. The molecule has 14 nitrogen and oxygen atoms in total. The summed E-state index contributed by atoms with van der Waals surface area (Å²) in [5.74, 6) is 0.596. The van der Waals surface area contributed by atoms with Crippen LogP contribution in [0, 0.1) is 17.3 Å². The summed E-state index contributed by atoms with van der Waals surface area (Å²) < 4.78 is 12.4. The maximum Gasteiger partial charge on any atom is 0.325 e. The van der Waals surface area contributed by atoms with E-state index in [9.17, 15) is 29.4 Å². The molecular weight excluding hydrogens is 753 g/mol. The summed E-state index contributed by atoms with van der Waals surface area (Å²) in [7, 11) is 4.13. The van der Waals surface area contributed by atoms with Crippen LogP contribution in [0.2, 0.25) is 0 Å². The van der Waals surface area contributed by atoms with E-state index in [2.05, 4.69) is 104 Å². The predicted octanol–water partition coefficient (Wildman–Crippen LogP) is 5.03. The van der Waals surface area contributed by atoms with Gasteiger partial charge in [-0.3, -0.25) is 29.2 Å². The number of nitrogens with one attached hydrogen (secondary N) is 2. The lowest BCUT2D eigenvalue weighted by Gasteiger charge is -2.56. The van der Waals surface area contributed by atoms with Gasteiger partial charge in [0.1, 0.15) is 11.1 Å². The number of hydrogen-bond donors (Lipinski definition) is 4. The summed E-state index contributed by atoms with van der Waals surface area (Å²) in [4.78, 5) is 60.6. The van der Waals surface area contributed by atoms with Gasteiger partial charge in [0.25, 0.3) is 11.8 Å². The van der Waals surface area contributed by atoms with Gasteiger partial charge in [0.05, 0.1) is 50.7 Å². The van der Waals surface area contributed by atoms with Crippen LogP contribution < -0.4 is 10.6 Å². The minimum absolute atomic E-state index is 0.0349. The predicted molar refractivity (Wildman–Crippen MR) is 225 cm³/mol. The number of carbonyl (C=O) groups is 4. The first-order chi connectivity index (χ1) is 27.1. The molecule has 2 aliphatic carbocycles. The molecule has 0 bridgehead atoms. The molecule has 14 heteroatoms. The zero-order valence-electron chi connectivity index (χ0n) is 38.4. The van der Waals surface area contributed by atoms with E-state index in [-0.39, 0.29) is 77.9 Å². The summed E-state index contributed by atoms with van der Waals surface area (Å²) in [6.45, 7) is 21.6. The Bertz CT molecular complexity index is 1450. The van der Waals surface area contributed by atoms with Gasteiger partial charge in [0.15, 0.2) is 0 Å². The number of carbonyl (C=O) groups excluding carboxylic acids is 4. The van der Waals surface area contributed by atoms with Gasteiger partial charge < -0.3 is 30.3 Å². The normalized spacial score (nSPS) is 32.7. The Morgan fingerprint density at radius 3 is 1.15 bits per heavy atom. The van der Waals surface area contributed by atoms with Crippen LogP contribution in [0.15, 0.2) is 0 Å². The van der Waals surface area contributed by atoms with Crippen molar-refractivity contribution in [3.63, 3.8) is 0 Å². The van der Waals surface area contributed by atoms with E-state index in [4.69, 9.17) is 9.47 Å². The number of urea groups is 2. The van der Waals surface area contributed by atoms with Crippen molar-refractivity contribution in [3.05, 3.63) is 0 Å². The van der Waals surface area contributed by atoms with Crippen molar-refractivity contribution in [1.82, 2.24) is 30.2 Å². The van der Waals surface area contributed by atoms with Crippen LogP contribution in [0.1, 0.15) is 146 Å². The Hall–Kier alpha value is -2.36. The van der Waals surface area contributed by atoms with E-state index >= 15 is 0 Å². The highest BCUT2D eigenvalue weighted by molar-refractivity contribution is 6.08. The number of nitrogens with zero attached hydrogens (tertiary/aromatic N) is 4. The van der Waals surface area contributed by atoms with Crippen LogP contribution in [0.3, 0.4) is 0 Å². The number of rotatable bonds is 12. The number of hydrogen-bond acceptors (Lipinski definition) is 10. The Morgan fingerprint density at radius 1 is 0.576 bits per heavy atom. The van der Waals surface area contributed by atoms with Crippen LogP contribution in [0.25, 0.3) is 0 Å². The van der Waals surface area contributed by atoms with E-state index in [1.807, 2.05) is 0 Å². The fourth-order valence-corrected chi connectivity index (χ4v) is 12.7. The number of piperidine rings is 2. The van der Waals surface area contributed by atoms with Gasteiger partial charge in [0.2, 0.25) is 0 Å². The molecule has 0 aromatic carbocycles. The zero-order valence-corrected chi connectivity index (χ0v) is 38.4. The smallest absolute Gasteiger partial charge is 0.325 e. The van der Waals surface area contributed by atoms with Gasteiger partial charge >= 0.3 is 12.1 Å². The molecule has 6 aliphatic rings. The first-order valence-electron chi connectivity index (χ1n) is 22.5. The molecular formula is C45H78N6O8. The van der Waals surface area contributed by atoms with Crippen LogP contribution in [-0.2, 0) is 19.1 Å². The second-order valence-corrected chi connectivity index (χ2v) is 22.7. The highest BCUT2D eigenvalue weighted by Gasteiger charge is 2.62. The number of amides is 6. The standard InChI is InChI=1S/C45H78N6O8/c1-39(2)25-44(26-40(3,4)48(39)11)35(54)50(37(56)46-44)21-31(52)23-58-33-17-13-29(14-18-33)43(9,10)30-15-19-34(20-16-30)59-24-32(53)22-51-36(55)45(47-38(51)57)27-41(5,6)49(12)42(7,8)28-45/h29-34,52-53H,13-28H2,1-12H3,(H,46,56)(H,47,57). The van der Waals surface area contributed by atoms with Crippen LogP contribution in [0.4, 0.5) is 9.59 Å². The maximum atomic E-state index is 13.7. The molecule has 6 amide bonds. The van der Waals surface area contributed by atoms with Gasteiger partial charge in [-0.1, -0.05) is 13.8 Å². The van der Waals surface area contributed by atoms with Crippen molar-refractivity contribution in [3.8, 4) is 0 Å². The summed E-state index contributed by atoms with van der Waals surface area (Å²) in [5.41, 5.74) is -2.96. The molecule has 2 saturated carbocycles. The minimum atomic E-state index is -0.972. The van der Waals surface area contributed by atoms with Gasteiger partial charge in [-0.25, -0.2) is 9.59 Å². The fraction of sp³-hybridized carbons (Fsp3) is 0.911. The monoisotopic (exact) mass is 831 g/mol. The number of aliphatic hydroxyl groups is 2. The summed E-state index contributed by atoms with van der Waals surface area (Å²) in [6, 6.07) is -0.877. The summed E-state index contributed by atoms with van der Waals surface area (Å²) in [5, 5.41) is 27.9. The molecule has 2 atom stereocenters. The third kappa shape index (κ3) is 8.96. The number of β-amino-alcohol motifs (C(OH)–C–C–N with tert-alkyl or cyclic N) is 2. The Kier molecular flexibility index (Phi) is 12.6. The van der Waals surface area contributed by atoms with Gasteiger partial charge in [-0.05, 0) is 164 Å². The van der Waals surface area contributed by atoms with E-state index < -0.39 is 35.3 Å². The topological polar surface area (TPSA) is 164 Å². The second kappa shape index (κ2) is 16.1. The molecule has 4 aliphatic heterocycles. The first kappa shape index (κ1) is 46.2. The SMILES string of the molecule is CN1C(C)(C)CC2(CC1(C)C)NC(=O)N(CC(O)COC1CCC(C(C)(C)C3CCC(OCC(O)CN4C(=O)NC5(CC(C)(C)N(C)C(C)(C)C5)C4=O)CC3)CC1)C2=O. The second-order valence-electron chi connectivity index (χ2n) is 22.7. The molecule has 2 spiro atoms. The number of imide groups is 2. The fourth-order valence-electron chi connectivity index (χ4n) is 12.7. The van der Waals surface area contributed by atoms with Crippen molar-refractivity contribution in [2.24, 2.45) is 17.3 Å². The molecule has 2 unspecified atom stereocenters. The average molecular weight is 831 g/mol. The van der Waals surface area contributed by atoms with Crippen LogP contribution in [0.5, 0.6) is 0 Å². The van der Waals surface area contributed by atoms with E-state index in [1.165, 1.54) is 9.80 Å². The molecule has 6 rings (SSSR count). The molecule has 4 N–H and O–H groups in total. The van der Waals surface area contributed by atoms with Crippen LogP contribution in [-0.4, -0.2) is 152 Å². The van der Waals surface area contributed by atoms with E-state index in [0.29, 0.717) is 37.5 Å². The summed E-state index contributed by atoms with van der Waals surface area (Å²) >= 11 is 0. The minimum Gasteiger partial charge on any atom is -0.389 e. The van der Waals surface area contributed by atoms with Gasteiger partial charge in [-0.2, -0.15) is 0 Å². The van der Waals surface area contributed by atoms with Crippen molar-refractivity contribution in [2.45, 2.75) is 204 Å². The molecule has 0 aromatic rings. The average Bonchev–Trinajstić information content (AvgIpc) is 3.48. The zero-order chi connectivity index (χ0) is 43.7. The molecule has 0 radical (unpaired) electrons. The number of aliphatic hydroxyl groups excluding tert-OH is 2. The van der Waals surface area contributed by atoms with Crippen molar-refractivity contribution in [1.29, 1.82) is 0 Å².